The van der Waals surface area contributed by atoms with Gasteiger partial charge in [-0.05, 0) is 50.2 Å². The zero-order valence-electron chi connectivity index (χ0n) is 11.5. The SMILES string of the molecule is CCN(CC)c1ccc(/N=N/c2ccccc2)cc1. The molecule has 0 fully saturated rings. The van der Waals surface area contributed by atoms with E-state index in [1.54, 1.807) is 0 Å². The van der Waals surface area contributed by atoms with Crippen LogP contribution in [0.15, 0.2) is 64.8 Å². The molecule has 2 rings (SSSR count). The molecule has 19 heavy (non-hydrogen) atoms. The van der Waals surface area contributed by atoms with Gasteiger partial charge in [0.2, 0.25) is 0 Å². The Balaban J connectivity index is 2.09. The van der Waals surface area contributed by atoms with Crippen LogP contribution >= 0.6 is 0 Å². The molecule has 0 saturated heterocycles. The summed E-state index contributed by atoms with van der Waals surface area (Å²) in [6.07, 6.45) is 0. The fourth-order valence-electron chi connectivity index (χ4n) is 1.93. The van der Waals surface area contributed by atoms with Crippen molar-refractivity contribution in [3.63, 3.8) is 0 Å². The molecule has 0 amide bonds. The molecule has 0 N–H and O–H groups in total. The predicted molar refractivity (Wildman–Crippen MR) is 80.6 cm³/mol. The second-order valence-electron chi connectivity index (χ2n) is 4.22. The van der Waals surface area contributed by atoms with Gasteiger partial charge in [-0.2, -0.15) is 10.2 Å². The number of benzene rings is 2. The summed E-state index contributed by atoms with van der Waals surface area (Å²) in [7, 11) is 0. The highest BCUT2D eigenvalue weighted by molar-refractivity contribution is 5.52. The van der Waals surface area contributed by atoms with E-state index in [0.29, 0.717) is 0 Å². The Morgan fingerprint density at radius 1 is 0.737 bits per heavy atom. The number of hydrogen-bond acceptors (Lipinski definition) is 3. The summed E-state index contributed by atoms with van der Waals surface area (Å²) in [6.45, 7) is 6.35. The zero-order valence-corrected chi connectivity index (χ0v) is 11.5. The zero-order chi connectivity index (χ0) is 13.5. The normalized spacial score (nSPS) is 10.8. The summed E-state index contributed by atoms with van der Waals surface area (Å²) in [5.41, 5.74) is 2.97. The van der Waals surface area contributed by atoms with Crippen molar-refractivity contribution in [2.24, 2.45) is 10.2 Å². The maximum absolute atomic E-state index is 4.24. The molecule has 2 aromatic rings. The minimum Gasteiger partial charge on any atom is -0.372 e. The fourth-order valence-corrected chi connectivity index (χ4v) is 1.93. The Bertz CT molecular complexity index is 513. The molecule has 0 spiro atoms. The monoisotopic (exact) mass is 253 g/mol. The summed E-state index contributed by atoms with van der Waals surface area (Å²) in [5.74, 6) is 0. The molecule has 0 bridgehead atoms. The van der Waals surface area contributed by atoms with Crippen molar-refractivity contribution in [3.05, 3.63) is 54.6 Å². The molecule has 0 radical (unpaired) electrons. The van der Waals surface area contributed by atoms with Crippen LogP contribution in [0.4, 0.5) is 17.1 Å². The largest absolute Gasteiger partial charge is 0.372 e. The minimum atomic E-state index is 0.871. The third kappa shape index (κ3) is 3.65. The van der Waals surface area contributed by atoms with Crippen molar-refractivity contribution in [1.82, 2.24) is 0 Å². The van der Waals surface area contributed by atoms with Gasteiger partial charge in [-0.15, -0.1) is 0 Å². The first-order valence-electron chi connectivity index (χ1n) is 6.65. The summed E-state index contributed by atoms with van der Waals surface area (Å²) >= 11 is 0. The lowest BCUT2D eigenvalue weighted by Gasteiger charge is -2.20. The molecule has 2 aromatic carbocycles. The molecule has 3 heteroatoms. The summed E-state index contributed by atoms with van der Waals surface area (Å²) in [6, 6.07) is 17.9. The number of hydrogen-bond donors (Lipinski definition) is 0. The van der Waals surface area contributed by atoms with Crippen LogP contribution in [-0.2, 0) is 0 Å². The van der Waals surface area contributed by atoms with Gasteiger partial charge in [-0.25, -0.2) is 0 Å². The lowest BCUT2D eigenvalue weighted by atomic mass is 10.2. The Labute approximate surface area is 114 Å². The first kappa shape index (κ1) is 13.3. The molecule has 0 unspecified atom stereocenters. The number of anilines is 1. The molecule has 3 nitrogen and oxygen atoms in total. The number of azo groups is 1. The van der Waals surface area contributed by atoms with Gasteiger partial charge < -0.3 is 4.90 Å². The van der Waals surface area contributed by atoms with Crippen LogP contribution in [0.2, 0.25) is 0 Å². The van der Waals surface area contributed by atoms with Crippen molar-refractivity contribution in [2.75, 3.05) is 18.0 Å². The van der Waals surface area contributed by atoms with Crippen LogP contribution in [0.3, 0.4) is 0 Å². The van der Waals surface area contributed by atoms with Gasteiger partial charge in [-0.1, -0.05) is 18.2 Å². The molecule has 0 heterocycles. The van der Waals surface area contributed by atoms with Crippen molar-refractivity contribution < 1.29 is 0 Å². The van der Waals surface area contributed by atoms with Gasteiger partial charge in [0, 0.05) is 18.8 Å². The van der Waals surface area contributed by atoms with E-state index in [1.807, 2.05) is 42.5 Å². The lowest BCUT2D eigenvalue weighted by Crippen LogP contribution is -2.21. The molecule has 0 aliphatic heterocycles. The molecule has 0 aliphatic rings. The lowest BCUT2D eigenvalue weighted by molar-refractivity contribution is 0.866. The maximum Gasteiger partial charge on any atom is 0.0858 e. The first-order valence-corrected chi connectivity index (χ1v) is 6.65. The number of rotatable bonds is 5. The fraction of sp³-hybridized carbons (Fsp3) is 0.250. The standard InChI is InChI=1S/C16H19N3/c1-3-19(4-2)16-12-10-15(11-13-16)18-17-14-8-6-5-7-9-14/h5-13H,3-4H2,1-2H3/b18-17+. The van der Waals surface area contributed by atoms with Crippen molar-refractivity contribution in [1.29, 1.82) is 0 Å². The van der Waals surface area contributed by atoms with E-state index in [1.165, 1.54) is 5.69 Å². The van der Waals surface area contributed by atoms with E-state index in [-0.39, 0.29) is 0 Å². The topological polar surface area (TPSA) is 28.0 Å². The highest BCUT2D eigenvalue weighted by atomic mass is 15.1. The summed E-state index contributed by atoms with van der Waals surface area (Å²) in [5, 5.41) is 8.44. The van der Waals surface area contributed by atoms with E-state index < -0.39 is 0 Å². The van der Waals surface area contributed by atoms with Gasteiger partial charge in [0.25, 0.3) is 0 Å². The van der Waals surface area contributed by atoms with Gasteiger partial charge >= 0.3 is 0 Å². The molecule has 0 aliphatic carbocycles. The second kappa shape index (κ2) is 6.69. The van der Waals surface area contributed by atoms with Crippen LogP contribution in [0.25, 0.3) is 0 Å². The Kier molecular flexibility index (Phi) is 4.67. The number of nitrogens with zero attached hydrogens (tertiary/aromatic N) is 3. The van der Waals surface area contributed by atoms with Crippen LogP contribution < -0.4 is 4.90 Å². The molecule has 0 atom stereocenters. The van der Waals surface area contributed by atoms with Crippen molar-refractivity contribution in [3.8, 4) is 0 Å². The van der Waals surface area contributed by atoms with Crippen molar-refractivity contribution >= 4 is 17.1 Å². The van der Waals surface area contributed by atoms with E-state index in [4.69, 9.17) is 0 Å². The van der Waals surface area contributed by atoms with Crippen LogP contribution in [-0.4, -0.2) is 13.1 Å². The predicted octanol–water partition coefficient (Wildman–Crippen LogP) is 4.95. The molecule has 0 aromatic heterocycles. The third-order valence-electron chi connectivity index (χ3n) is 3.02. The quantitative estimate of drug-likeness (QED) is 0.693. The molecule has 0 saturated carbocycles. The van der Waals surface area contributed by atoms with Gasteiger partial charge in [0.05, 0.1) is 11.4 Å². The van der Waals surface area contributed by atoms with E-state index >= 15 is 0 Å². The Morgan fingerprint density at radius 2 is 1.26 bits per heavy atom. The van der Waals surface area contributed by atoms with E-state index in [0.717, 1.165) is 24.5 Å². The highest BCUT2D eigenvalue weighted by Gasteiger charge is 2.00. The Hall–Kier alpha value is -2.16. The minimum absolute atomic E-state index is 0.871. The average Bonchev–Trinajstić information content (AvgIpc) is 2.49. The Morgan fingerprint density at radius 3 is 1.79 bits per heavy atom. The summed E-state index contributed by atoms with van der Waals surface area (Å²) < 4.78 is 0. The van der Waals surface area contributed by atoms with Crippen LogP contribution in [0, 0.1) is 0 Å². The average molecular weight is 253 g/mol. The van der Waals surface area contributed by atoms with Gasteiger partial charge in [-0.3, -0.25) is 0 Å². The maximum atomic E-state index is 4.24. The smallest absolute Gasteiger partial charge is 0.0858 e. The summed E-state index contributed by atoms with van der Waals surface area (Å²) in [4.78, 5) is 2.30. The van der Waals surface area contributed by atoms with E-state index in [2.05, 4.69) is 41.1 Å². The molecular weight excluding hydrogens is 234 g/mol. The third-order valence-corrected chi connectivity index (χ3v) is 3.02. The second-order valence-corrected chi connectivity index (χ2v) is 4.22. The molecule has 98 valence electrons. The van der Waals surface area contributed by atoms with E-state index in [9.17, 15) is 0 Å². The molecular formula is C16H19N3. The van der Waals surface area contributed by atoms with Crippen molar-refractivity contribution in [2.45, 2.75) is 13.8 Å². The van der Waals surface area contributed by atoms with Crippen LogP contribution in [0.5, 0.6) is 0 Å². The first-order chi connectivity index (χ1) is 9.33. The highest BCUT2D eigenvalue weighted by Crippen LogP contribution is 2.21. The van der Waals surface area contributed by atoms with Crippen LogP contribution in [0.1, 0.15) is 13.8 Å². The van der Waals surface area contributed by atoms with Gasteiger partial charge in [0.1, 0.15) is 0 Å². The van der Waals surface area contributed by atoms with Gasteiger partial charge in [0.15, 0.2) is 0 Å².